The van der Waals surface area contributed by atoms with Gasteiger partial charge in [0.05, 0.1) is 17.6 Å². The summed E-state index contributed by atoms with van der Waals surface area (Å²) >= 11 is 5.95. The van der Waals surface area contributed by atoms with Gasteiger partial charge in [-0.25, -0.2) is 26.9 Å². The van der Waals surface area contributed by atoms with Crippen LogP contribution in [0.5, 0.6) is 0 Å². The van der Waals surface area contributed by atoms with Gasteiger partial charge in [-0.15, -0.1) is 0 Å². The third-order valence-electron chi connectivity index (χ3n) is 11.1. The zero-order valence-electron chi connectivity index (χ0n) is 37.2. The number of nitrogens with one attached hydrogen (secondary N) is 6. The molecule has 1 heterocycles. The summed E-state index contributed by atoms with van der Waals surface area (Å²) < 4.78 is 55.8. The Bertz CT molecular complexity index is 2290. The highest BCUT2D eigenvalue weighted by Crippen LogP contribution is 2.28. The summed E-state index contributed by atoms with van der Waals surface area (Å²) in [6, 6.07) is 6.32. The highest BCUT2D eigenvalue weighted by atomic mass is 35.5. The van der Waals surface area contributed by atoms with Crippen molar-refractivity contribution in [1.29, 1.82) is 0 Å². The number of rotatable bonds is 23. The molecule has 358 valence electrons. The Morgan fingerprint density at radius 1 is 0.788 bits per heavy atom. The maximum absolute atomic E-state index is 14.1. The topological polar surface area (TPSA) is 252 Å². The summed E-state index contributed by atoms with van der Waals surface area (Å²) in [6.07, 6.45) is 4.08. The molecule has 1 saturated carbocycles. The number of hydrogen-bond acceptors (Lipinski definition) is 11. The largest absolute Gasteiger partial charge is 0.344 e. The first-order chi connectivity index (χ1) is 31.3. The van der Waals surface area contributed by atoms with Crippen molar-refractivity contribution in [2.24, 2.45) is 17.8 Å². The number of sulfonamides is 1. The van der Waals surface area contributed by atoms with Crippen LogP contribution in [0.3, 0.4) is 0 Å². The van der Waals surface area contributed by atoms with Gasteiger partial charge < -0.3 is 26.6 Å². The van der Waals surface area contributed by atoms with E-state index in [0.29, 0.717) is 35.4 Å². The molecule has 1 aliphatic carbocycles. The molecule has 6 amide bonds. The number of benzene rings is 2. The third kappa shape index (κ3) is 16.2. The summed E-state index contributed by atoms with van der Waals surface area (Å²) in [5, 5.41) is 12.6. The Balaban J connectivity index is 1.46. The van der Waals surface area contributed by atoms with E-state index in [1.54, 1.807) is 48.9 Å². The minimum Gasteiger partial charge on any atom is -0.344 e. The second-order valence-electron chi connectivity index (χ2n) is 16.7. The molecule has 0 spiro atoms. The molecule has 1 aliphatic rings. The number of amides is 6. The van der Waals surface area contributed by atoms with Gasteiger partial charge in [0, 0.05) is 23.8 Å². The molecule has 0 saturated heterocycles. The smallest absolute Gasteiger partial charge is 0.290 e. The van der Waals surface area contributed by atoms with Crippen LogP contribution >= 0.6 is 11.6 Å². The Kier molecular flexibility index (Phi) is 20.1. The average Bonchev–Trinajstić information content (AvgIpc) is 3.29. The number of hydrogen-bond donors (Lipinski definition) is 6. The van der Waals surface area contributed by atoms with Crippen molar-refractivity contribution in [3.8, 4) is 11.1 Å². The van der Waals surface area contributed by atoms with Crippen LogP contribution in [0.2, 0.25) is 5.02 Å². The lowest BCUT2D eigenvalue weighted by atomic mass is 9.84. The zero-order valence-corrected chi connectivity index (χ0v) is 38.7. The standard InChI is InChI=1S/C45H57ClF2N8O9S/c1-5-27(4)39(55-42(60)34(20-26(2)3)53-43(61)36-24-49-18-19-50-36)44(62)54-35(21-28-10-7-6-8-11-28)41(59)52-33(23-37(47)48)40(58)45(63)51-25-38(57)56-66(64,65)32-13-9-12-30(22-32)29-14-16-31(46)17-15-29/h9,12-19,22,24,26-28,33-35,37,39H,5-8,10-11,20-21,23,25H2,1-4H3,(H,51,63)(H,52,59)(H,53,61)(H,54,62)(H,55,60)(H,56,57). The molecule has 21 heteroatoms. The van der Waals surface area contributed by atoms with Gasteiger partial charge >= 0.3 is 0 Å². The van der Waals surface area contributed by atoms with E-state index < -0.39 is 101 Å². The molecule has 0 bridgehead atoms. The van der Waals surface area contributed by atoms with E-state index in [1.165, 1.54) is 36.8 Å². The van der Waals surface area contributed by atoms with Gasteiger partial charge in [-0.05, 0) is 66.0 Å². The summed E-state index contributed by atoms with van der Waals surface area (Å²) in [7, 11) is -4.49. The molecule has 0 aliphatic heterocycles. The van der Waals surface area contributed by atoms with Crippen LogP contribution in [0.1, 0.15) is 96.0 Å². The van der Waals surface area contributed by atoms with Gasteiger partial charge in [0.15, 0.2) is 0 Å². The van der Waals surface area contributed by atoms with Crippen molar-refractivity contribution >= 4 is 62.9 Å². The Morgan fingerprint density at radius 3 is 2.08 bits per heavy atom. The molecule has 0 radical (unpaired) electrons. The third-order valence-corrected chi connectivity index (χ3v) is 12.7. The van der Waals surface area contributed by atoms with Gasteiger partial charge in [0.2, 0.25) is 29.9 Å². The number of aromatic nitrogens is 2. The Morgan fingerprint density at radius 2 is 1.45 bits per heavy atom. The fourth-order valence-corrected chi connectivity index (χ4v) is 8.53. The van der Waals surface area contributed by atoms with E-state index in [4.69, 9.17) is 11.6 Å². The summed E-state index contributed by atoms with van der Waals surface area (Å²) in [5.74, 6) is -8.22. The number of Topliss-reactive ketones (excluding diaryl/α,β-unsaturated/α-hetero) is 1. The maximum Gasteiger partial charge on any atom is 0.290 e. The van der Waals surface area contributed by atoms with Crippen LogP contribution in [0, 0.1) is 17.8 Å². The molecule has 1 aromatic heterocycles. The van der Waals surface area contributed by atoms with Crippen LogP contribution in [0.15, 0.2) is 72.0 Å². The Labute approximate surface area is 387 Å². The normalized spacial score (nSPS) is 15.3. The molecule has 2 aromatic carbocycles. The van der Waals surface area contributed by atoms with Gasteiger partial charge in [-0.3, -0.25) is 38.5 Å². The molecule has 66 heavy (non-hydrogen) atoms. The summed E-state index contributed by atoms with van der Waals surface area (Å²) in [5.41, 5.74) is 1.09. The second kappa shape index (κ2) is 25.1. The quantitative estimate of drug-likeness (QED) is 0.0733. The van der Waals surface area contributed by atoms with Crippen molar-refractivity contribution in [2.45, 2.75) is 121 Å². The molecule has 3 aromatic rings. The van der Waals surface area contributed by atoms with Crippen LogP contribution in [-0.4, -0.2) is 96.7 Å². The minimum absolute atomic E-state index is 0.0298. The van der Waals surface area contributed by atoms with E-state index in [2.05, 4.69) is 31.2 Å². The number of halogens is 3. The van der Waals surface area contributed by atoms with Crippen LogP contribution in [-0.2, 0) is 38.8 Å². The predicted molar refractivity (Wildman–Crippen MR) is 240 cm³/mol. The second-order valence-corrected chi connectivity index (χ2v) is 18.8. The highest BCUT2D eigenvalue weighted by molar-refractivity contribution is 7.90. The van der Waals surface area contributed by atoms with Crippen molar-refractivity contribution in [2.75, 3.05) is 6.54 Å². The van der Waals surface area contributed by atoms with E-state index in [0.717, 1.165) is 19.3 Å². The first-order valence-corrected chi connectivity index (χ1v) is 23.6. The lowest BCUT2D eigenvalue weighted by Crippen LogP contribution is -2.60. The Hall–Kier alpha value is -5.89. The van der Waals surface area contributed by atoms with Gasteiger partial charge in [0.1, 0.15) is 29.9 Å². The van der Waals surface area contributed by atoms with Gasteiger partial charge in [-0.1, -0.05) is 102 Å². The van der Waals surface area contributed by atoms with E-state index in [1.807, 2.05) is 19.2 Å². The fraction of sp³-hybridized carbons (Fsp3) is 0.489. The number of nitrogens with zero attached hydrogens (tertiary/aromatic N) is 2. The molecule has 1 fully saturated rings. The molecular weight excluding hydrogens is 902 g/mol. The SMILES string of the molecule is CCC(C)C(NC(=O)C(CC(C)C)NC(=O)c1cnccn1)C(=O)NC(CC1CCCCC1)C(=O)NC(CC(F)F)C(=O)C(=O)NCC(=O)NS(=O)(=O)c1cccc(-c2ccc(Cl)cc2)c1. The monoisotopic (exact) mass is 958 g/mol. The van der Waals surface area contributed by atoms with Crippen molar-refractivity contribution in [3.63, 3.8) is 0 Å². The van der Waals surface area contributed by atoms with Gasteiger partial charge in [0.25, 0.3) is 27.7 Å². The number of ketones is 1. The molecule has 5 atom stereocenters. The minimum atomic E-state index is -4.49. The first kappa shape index (κ1) is 52.7. The average molecular weight is 960 g/mol. The van der Waals surface area contributed by atoms with E-state index >= 15 is 0 Å². The van der Waals surface area contributed by atoms with Crippen LogP contribution in [0.4, 0.5) is 8.78 Å². The summed E-state index contributed by atoms with van der Waals surface area (Å²) in [4.78, 5) is 101. The lowest BCUT2D eigenvalue weighted by Gasteiger charge is -2.31. The van der Waals surface area contributed by atoms with E-state index in [9.17, 15) is 50.8 Å². The molecule has 5 unspecified atom stereocenters. The predicted octanol–water partition coefficient (Wildman–Crippen LogP) is 4.26. The van der Waals surface area contributed by atoms with Crippen molar-refractivity contribution in [3.05, 3.63) is 77.8 Å². The number of carbonyl (C=O) groups excluding carboxylic acids is 7. The molecule has 6 N–H and O–H groups in total. The maximum atomic E-state index is 14.1. The lowest BCUT2D eigenvalue weighted by molar-refractivity contribution is -0.141. The molecular formula is C45H57ClF2N8O9S. The fourth-order valence-electron chi connectivity index (χ4n) is 7.37. The molecule has 17 nitrogen and oxygen atoms in total. The van der Waals surface area contributed by atoms with Crippen molar-refractivity contribution < 1.29 is 50.8 Å². The first-order valence-electron chi connectivity index (χ1n) is 21.8. The van der Waals surface area contributed by atoms with Crippen LogP contribution in [0.25, 0.3) is 11.1 Å². The van der Waals surface area contributed by atoms with Crippen molar-refractivity contribution in [1.82, 2.24) is 41.3 Å². The van der Waals surface area contributed by atoms with Crippen LogP contribution < -0.4 is 31.3 Å². The zero-order chi connectivity index (χ0) is 48.6. The number of alkyl halides is 2. The molecule has 4 rings (SSSR count). The highest BCUT2D eigenvalue weighted by Gasteiger charge is 2.37. The van der Waals surface area contributed by atoms with Gasteiger partial charge in [-0.2, -0.15) is 0 Å². The van der Waals surface area contributed by atoms with E-state index in [-0.39, 0.29) is 35.3 Å². The summed E-state index contributed by atoms with van der Waals surface area (Å²) in [6.45, 7) is 6.10. The number of carbonyl (C=O) groups is 7.